The summed E-state index contributed by atoms with van der Waals surface area (Å²) in [7, 11) is 0. The van der Waals surface area contributed by atoms with E-state index in [4.69, 9.17) is 5.73 Å². The molecule has 2 amide bonds. The van der Waals surface area contributed by atoms with Gasteiger partial charge in [0, 0.05) is 42.2 Å². The van der Waals surface area contributed by atoms with Crippen molar-refractivity contribution < 1.29 is 40.7 Å². The van der Waals surface area contributed by atoms with Crippen molar-refractivity contribution in [3.05, 3.63) is 70.3 Å². The molecule has 0 saturated carbocycles. The second-order valence-electron chi connectivity index (χ2n) is 10.9. The van der Waals surface area contributed by atoms with Gasteiger partial charge in [0.25, 0.3) is 0 Å². The van der Waals surface area contributed by atoms with Gasteiger partial charge >= 0.3 is 12.4 Å². The van der Waals surface area contributed by atoms with E-state index in [0.29, 0.717) is 22.4 Å². The van der Waals surface area contributed by atoms with Crippen LogP contribution in [0.1, 0.15) is 73.3 Å². The number of rotatable bonds is 10. The smallest absolute Gasteiger partial charge is 0.369 e. The van der Waals surface area contributed by atoms with Crippen LogP contribution in [0, 0.1) is 18.8 Å². The SMILES string of the molecule is Cc1cccc(C2=N[C@H](NC(=O)[C@H](CCC(F)(F)F)[C@H](CCC(F)(F)F)C(N)=O)C(=O)Cc3c2cccc3C(C)C)c1. The Kier molecular flexibility index (Phi) is 10.2. The van der Waals surface area contributed by atoms with E-state index in [1.54, 1.807) is 18.2 Å². The first kappa shape index (κ1) is 32.8. The van der Waals surface area contributed by atoms with Crippen LogP contribution in [-0.2, 0) is 20.8 Å². The number of carbonyl (C=O) groups is 3. The number of halogens is 6. The van der Waals surface area contributed by atoms with Crippen molar-refractivity contribution in [1.82, 2.24) is 5.32 Å². The van der Waals surface area contributed by atoms with Crippen molar-refractivity contribution in [2.45, 2.75) is 77.3 Å². The van der Waals surface area contributed by atoms with Crippen molar-refractivity contribution in [3.8, 4) is 0 Å². The van der Waals surface area contributed by atoms with E-state index in [-0.39, 0.29) is 12.3 Å². The maximum absolute atomic E-state index is 13.5. The van der Waals surface area contributed by atoms with Crippen LogP contribution < -0.4 is 11.1 Å². The van der Waals surface area contributed by atoms with Crippen LogP contribution in [0.5, 0.6) is 0 Å². The number of aliphatic imine (C=N–C) groups is 1. The topological polar surface area (TPSA) is 102 Å². The Morgan fingerprint density at radius 1 is 0.976 bits per heavy atom. The number of hydrogen-bond donors (Lipinski definition) is 2. The van der Waals surface area contributed by atoms with Crippen LogP contribution in [0.15, 0.2) is 47.5 Å². The first-order valence-electron chi connectivity index (χ1n) is 13.5. The molecule has 6 nitrogen and oxygen atoms in total. The molecule has 3 N–H and O–H groups in total. The van der Waals surface area contributed by atoms with Gasteiger partial charge in [-0.2, -0.15) is 26.3 Å². The summed E-state index contributed by atoms with van der Waals surface area (Å²) in [4.78, 5) is 43.6. The normalized spacial score (nSPS) is 17.2. The van der Waals surface area contributed by atoms with Crippen molar-refractivity contribution in [3.63, 3.8) is 0 Å². The Labute approximate surface area is 239 Å². The average Bonchev–Trinajstić information content (AvgIpc) is 3.00. The second-order valence-corrected chi connectivity index (χ2v) is 10.9. The molecule has 1 heterocycles. The molecule has 12 heteroatoms. The average molecular weight is 598 g/mol. The highest BCUT2D eigenvalue weighted by Gasteiger charge is 2.40. The number of carbonyl (C=O) groups excluding carboxylic acids is 3. The summed E-state index contributed by atoms with van der Waals surface area (Å²) in [6.07, 6.45) is -16.2. The number of ketones is 1. The third kappa shape index (κ3) is 8.65. The van der Waals surface area contributed by atoms with Gasteiger partial charge < -0.3 is 11.1 Å². The Bertz CT molecular complexity index is 1350. The number of primary amides is 1. The molecule has 0 radical (unpaired) electrons. The minimum absolute atomic E-state index is 0.0226. The third-order valence-electron chi connectivity index (χ3n) is 7.24. The van der Waals surface area contributed by atoms with Crippen molar-refractivity contribution in [2.75, 3.05) is 0 Å². The maximum atomic E-state index is 13.5. The maximum Gasteiger partial charge on any atom is 0.389 e. The van der Waals surface area contributed by atoms with Crippen molar-refractivity contribution in [1.29, 1.82) is 0 Å². The van der Waals surface area contributed by atoms with Crippen LogP contribution >= 0.6 is 0 Å². The fraction of sp³-hybridized carbons (Fsp3) is 0.467. The Hall–Kier alpha value is -3.70. The van der Waals surface area contributed by atoms with E-state index in [1.807, 2.05) is 45.0 Å². The molecule has 228 valence electrons. The summed E-state index contributed by atoms with van der Waals surface area (Å²) in [6.45, 7) is 5.75. The molecule has 0 bridgehead atoms. The monoisotopic (exact) mass is 597 g/mol. The van der Waals surface area contributed by atoms with Crippen LogP contribution in [0.2, 0.25) is 0 Å². The van der Waals surface area contributed by atoms with E-state index in [2.05, 4.69) is 10.3 Å². The number of nitrogens with zero attached hydrogens (tertiary/aromatic N) is 1. The first-order valence-corrected chi connectivity index (χ1v) is 13.5. The van der Waals surface area contributed by atoms with E-state index in [0.717, 1.165) is 11.1 Å². The lowest BCUT2D eigenvalue weighted by molar-refractivity contribution is -0.152. The van der Waals surface area contributed by atoms with Crippen LogP contribution in [0.3, 0.4) is 0 Å². The number of amides is 2. The number of benzene rings is 2. The number of nitrogens with one attached hydrogen (secondary N) is 1. The molecule has 2 aromatic rings. The molecular formula is C30H33F6N3O3. The van der Waals surface area contributed by atoms with Gasteiger partial charge in [0.2, 0.25) is 11.8 Å². The molecule has 3 rings (SSSR count). The molecule has 0 aromatic heterocycles. The molecule has 0 fully saturated rings. The number of hydrogen-bond acceptors (Lipinski definition) is 4. The summed E-state index contributed by atoms with van der Waals surface area (Å²) < 4.78 is 78.2. The molecule has 2 aromatic carbocycles. The summed E-state index contributed by atoms with van der Waals surface area (Å²) in [5, 5.41) is 2.34. The highest BCUT2D eigenvalue weighted by atomic mass is 19.4. The summed E-state index contributed by atoms with van der Waals surface area (Å²) in [5.41, 5.74) is 9.35. The van der Waals surface area contributed by atoms with Crippen LogP contribution in [0.25, 0.3) is 0 Å². The lowest BCUT2D eigenvalue weighted by atomic mass is 9.83. The van der Waals surface area contributed by atoms with Gasteiger partial charge in [0.15, 0.2) is 11.9 Å². The quantitative estimate of drug-likeness (QED) is 0.332. The molecule has 1 aliphatic heterocycles. The zero-order valence-electron chi connectivity index (χ0n) is 23.4. The largest absolute Gasteiger partial charge is 0.389 e. The predicted octanol–water partition coefficient (Wildman–Crippen LogP) is 5.93. The summed E-state index contributed by atoms with van der Waals surface area (Å²) >= 11 is 0. The Morgan fingerprint density at radius 3 is 2.12 bits per heavy atom. The highest BCUT2D eigenvalue weighted by Crippen LogP contribution is 2.33. The zero-order valence-corrected chi connectivity index (χ0v) is 23.4. The Balaban J connectivity index is 2.06. The lowest BCUT2D eigenvalue weighted by Crippen LogP contribution is -2.47. The Morgan fingerprint density at radius 2 is 1.57 bits per heavy atom. The predicted molar refractivity (Wildman–Crippen MR) is 145 cm³/mol. The van der Waals surface area contributed by atoms with Gasteiger partial charge in [-0.05, 0) is 42.9 Å². The molecule has 0 unspecified atom stereocenters. The fourth-order valence-corrected chi connectivity index (χ4v) is 5.18. The fourth-order valence-electron chi connectivity index (χ4n) is 5.18. The molecule has 3 atom stereocenters. The van der Waals surface area contributed by atoms with Gasteiger partial charge in [-0.3, -0.25) is 19.4 Å². The molecule has 0 spiro atoms. The molecule has 0 aliphatic carbocycles. The minimum atomic E-state index is -4.76. The highest BCUT2D eigenvalue weighted by molar-refractivity contribution is 6.16. The second kappa shape index (κ2) is 13.1. The van der Waals surface area contributed by atoms with Crippen LogP contribution in [0.4, 0.5) is 26.3 Å². The van der Waals surface area contributed by atoms with Gasteiger partial charge in [-0.25, -0.2) is 0 Å². The van der Waals surface area contributed by atoms with Gasteiger partial charge in [-0.1, -0.05) is 55.8 Å². The zero-order chi connectivity index (χ0) is 31.4. The summed E-state index contributed by atoms with van der Waals surface area (Å²) in [6, 6.07) is 12.7. The van der Waals surface area contributed by atoms with Crippen LogP contribution in [-0.4, -0.2) is 41.8 Å². The van der Waals surface area contributed by atoms with Gasteiger partial charge in [0.05, 0.1) is 5.71 Å². The minimum Gasteiger partial charge on any atom is -0.369 e. The molecular weight excluding hydrogens is 564 g/mol. The standard InChI is InChI=1S/C30H33F6N3O3/c1-16(2)19-8-5-9-20-23(19)15-24(40)27(38-25(20)18-7-4-6-17(3)14-18)39-28(42)22(11-13-30(34,35)36)21(26(37)41)10-12-29(31,32)33/h4-9,14,16,21-22,27H,10-13,15H2,1-3H3,(H2,37,41)(H,39,42)/t21-,22+,27+/m0/s1. The molecule has 1 aliphatic rings. The van der Waals surface area contributed by atoms with E-state index in [1.165, 1.54) is 0 Å². The number of aryl methyl sites for hydroxylation is 1. The molecule has 0 saturated heterocycles. The number of alkyl halides is 6. The number of fused-ring (bicyclic) bond motifs is 1. The first-order chi connectivity index (χ1) is 19.5. The lowest BCUT2D eigenvalue weighted by Gasteiger charge is -2.26. The van der Waals surface area contributed by atoms with Gasteiger partial charge in [-0.15, -0.1) is 0 Å². The van der Waals surface area contributed by atoms with E-state index < -0.39 is 73.6 Å². The molecule has 42 heavy (non-hydrogen) atoms. The van der Waals surface area contributed by atoms with Crippen molar-refractivity contribution in [2.24, 2.45) is 22.6 Å². The van der Waals surface area contributed by atoms with Gasteiger partial charge in [0.1, 0.15) is 0 Å². The number of nitrogens with two attached hydrogens (primary N) is 1. The third-order valence-corrected chi connectivity index (χ3v) is 7.24. The van der Waals surface area contributed by atoms with Crippen molar-refractivity contribution >= 4 is 23.3 Å². The van der Waals surface area contributed by atoms with E-state index in [9.17, 15) is 40.7 Å². The summed E-state index contributed by atoms with van der Waals surface area (Å²) in [5.74, 6) is -6.80. The number of Topliss-reactive ketones (excluding diaryl/α,β-unsaturated/α-hetero) is 1. The van der Waals surface area contributed by atoms with E-state index >= 15 is 0 Å².